The second kappa shape index (κ2) is 7.28. The number of thiazole rings is 1. The van der Waals surface area contributed by atoms with Crippen LogP contribution in [0.1, 0.15) is 17.2 Å². The van der Waals surface area contributed by atoms with Crippen molar-refractivity contribution in [3.05, 3.63) is 93.0 Å². The van der Waals surface area contributed by atoms with Gasteiger partial charge in [-0.2, -0.15) is 0 Å². The number of amides is 1. The second-order valence-corrected chi connectivity index (χ2v) is 7.07. The van der Waals surface area contributed by atoms with Gasteiger partial charge >= 0.3 is 5.91 Å². The smallest absolute Gasteiger partial charge is 0.301 e. The van der Waals surface area contributed by atoms with Crippen molar-refractivity contribution in [3.8, 4) is 0 Å². The van der Waals surface area contributed by atoms with E-state index in [0.29, 0.717) is 11.1 Å². The lowest BCUT2D eigenvalue weighted by atomic mass is 9.95. The van der Waals surface area contributed by atoms with Crippen LogP contribution in [-0.2, 0) is 9.59 Å². The summed E-state index contributed by atoms with van der Waals surface area (Å²) >= 11 is 1.15. The molecule has 0 aliphatic carbocycles. The third-order valence-electron chi connectivity index (χ3n) is 4.51. The van der Waals surface area contributed by atoms with Crippen LogP contribution in [0.5, 0.6) is 0 Å². The zero-order valence-electron chi connectivity index (χ0n) is 14.8. The number of aliphatic hydroxyl groups is 1. The van der Waals surface area contributed by atoms with Crippen LogP contribution in [0.4, 0.5) is 10.8 Å². The summed E-state index contributed by atoms with van der Waals surface area (Å²) in [6, 6.07) is 13.0. The van der Waals surface area contributed by atoms with Gasteiger partial charge in [-0.1, -0.05) is 42.5 Å². The number of anilines is 1. The first-order valence-corrected chi connectivity index (χ1v) is 9.37. The second-order valence-electron chi connectivity index (χ2n) is 6.20. The first kappa shape index (κ1) is 18.5. The summed E-state index contributed by atoms with van der Waals surface area (Å²) in [6.45, 7) is 0. The number of carbonyl (C=O) groups is 2. The molecule has 1 fully saturated rings. The number of benzene rings is 2. The van der Waals surface area contributed by atoms with Crippen LogP contribution in [0.2, 0.25) is 0 Å². The number of hydrogen-bond donors (Lipinski definition) is 1. The summed E-state index contributed by atoms with van der Waals surface area (Å²) in [7, 11) is 0. The molecule has 0 radical (unpaired) electrons. The molecule has 1 atom stereocenters. The highest BCUT2D eigenvalue weighted by molar-refractivity contribution is 7.14. The van der Waals surface area contributed by atoms with Crippen LogP contribution in [-0.4, -0.2) is 26.7 Å². The zero-order valence-corrected chi connectivity index (χ0v) is 15.6. The van der Waals surface area contributed by atoms with Gasteiger partial charge in [-0.05, 0) is 5.56 Å². The fourth-order valence-electron chi connectivity index (χ4n) is 3.24. The topological polar surface area (TPSA) is 114 Å². The van der Waals surface area contributed by atoms with Crippen LogP contribution in [0.3, 0.4) is 0 Å². The van der Waals surface area contributed by atoms with E-state index in [4.69, 9.17) is 0 Å². The van der Waals surface area contributed by atoms with E-state index in [1.54, 1.807) is 41.8 Å². The van der Waals surface area contributed by atoms with E-state index in [0.717, 1.165) is 11.3 Å². The minimum absolute atomic E-state index is 0.142. The number of rotatable bonds is 4. The standard InChI is InChI=1S/C20H13N3O5S/c24-17(12-5-2-1-3-6-12)15-16(13-7-4-8-14(11-13)23(27)28)22(19(26)18(15)25)20-21-9-10-29-20/h1-11,16,24H/b17-15+. The van der Waals surface area contributed by atoms with Crippen LogP contribution in [0.15, 0.2) is 71.7 Å². The van der Waals surface area contributed by atoms with Crippen LogP contribution in [0.25, 0.3) is 5.76 Å². The molecule has 2 heterocycles. The third kappa shape index (κ3) is 3.17. The summed E-state index contributed by atoms with van der Waals surface area (Å²) in [5, 5.41) is 24.0. The normalized spacial score (nSPS) is 18.2. The highest BCUT2D eigenvalue weighted by atomic mass is 32.1. The Kier molecular flexibility index (Phi) is 4.65. The van der Waals surface area contributed by atoms with Gasteiger partial charge in [0.2, 0.25) is 0 Å². The molecule has 29 heavy (non-hydrogen) atoms. The summed E-state index contributed by atoms with van der Waals surface area (Å²) < 4.78 is 0. The number of aliphatic hydroxyl groups excluding tert-OH is 1. The number of nitro groups is 1. The van der Waals surface area contributed by atoms with Gasteiger partial charge in [-0.25, -0.2) is 4.98 Å². The predicted octanol–water partition coefficient (Wildman–Crippen LogP) is 3.68. The molecule has 0 spiro atoms. The summed E-state index contributed by atoms with van der Waals surface area (Å²) in [4.78, 5) is 41.6. The van der Waals surface area contributed by atoms with Crippen molar-refractivity contribution in [1.82, 2.24) is 4.98 Å². The van der Waals surface area contributed by atoms with Gasteiger partial charge in [-0.15, -0.1) is 11.3 Å². The van der Waals surface area contributed by atoms with E-state index >= 15 is 0 Å². The van der Waals surface area contributed by atoms with E-state index < -0.39 is 22.7 Å². The molecule has 0 bridgehead atoms. The van der Waals surface area contributed by atoms with Gasteiger partial charge in [0.1, 0.15) is 5.76 Å². The minimum Gasteiger partial charge on any atom is -0.507 e. The highest BCUT2D eigenvalue weighted by Crippen LogP contribution is 2.43. The van der Waals surface area contributed by atoms with Gasteiger partial charge in [-0.3, -0.25) is 24.6 Å². The first-order valence-electron chi connectivity index (χ1n) is 8.49. The molecule has 2 aromatic carbocycles. The Morgan fingerprint density at radius 2 is 1.90 bits per heavy atom. The van der Waals surface area contributed by atoms with E-state index in [1.807, 2.05) is 0 Å². The maximum atomic E-state index is 12.9. The predicted molar refractivity (Wildman–Crippen MR) is 106 cm³/mol. The Balaban J connectivity index is 1.96. The average molecular weight is 407 g/mol. The highest BCUT2D eigenvalue weighted by Gasteiger charge is 2.48. The van der Waals surface area contributed by atoms with E-state index in [-0.39, 0.29) is 22.2 Å². The summed E-state index contributed by atoms with van der Waals surface area (Å²) in [6.07, 6.45) is 1.49. The van der Waals surface area contributed by atoms with Crippen molar-refractivity contribution in [2.75, 3.05) is 4.90 Å². The lowest BCUT2D eigenvalue weighted by Crippen LogP contribution is -2.29. The molecular formula is C20H13N3O5S. The first-order chi connectivity index (χ1) is 14.0. The van der Waals surface area contributed by atoms with Crippen molar-refractivity contribution in [2.45, 2.75) is 6.04 Å². The van der Waals surface area contributed by atoms with Crippen molar-refractivity contribution in [2.24, 2.45) is 0 Å². The SMILES string of the molecule is O=C1C(=O)N(c2nccs2)C(c2cccc([N+](=O)[O-])c2)/C1=C(\O)c1ccccc1. The van der Waals surface area contributed by atoms with Crippen LogP contribution >= 0.6 is 11.3 Å². The Labute approximate surface area is 168 Å². The molecule has 1 unspecified atom stereocenters. The third-order valence-corrected chi connectivity index (χ3v) is 5.28. The van der Waals surface area contributed by atoms with Crippen molar-refractivity contribution < 1.29 is 19.6 Å². The molecule has 1 N–H and O–H groups in total. The number of aromatic nitrogens is 1. The molecule has 1 saturated heterocycles. The Hall–Kier alpha value is -3.85. The maximum Gasteiger partial charge on any atom is 0.301 e. The number of ketones is 1. The molecule has 1 aliphatic rings. The van der Waals surface area contributed by atoms with Crippen molar-refractivity contribution in [3.63, 3.8) is 0 Å². The molecule has 9 heteroatoms. The van der Waals surface area contributed by atoms with Gasteiger partial charge < -0.3 is 5.11 Å². The Morgan fingerprint density at radius 1 is 1.14 bits per heavy atom. The fourth-order valence-corrected chi connectivity index (χ4v) is 3.91. The number of nitrogens with zero attached hydrogens (tertiary/aromatic N) is 3. The number of carbonyl (C=O) groups excluding carboxylic acids is 2. The summed E-state index contributed by atoms with van der Waals surface area (Å²) in [5.41, 5.74) is 0.356. The molecule has 1 aromatic heterocycles. The molecular weight excluding hydrogens is 394 g/mol. The van der Waals surface area contributed by atoms with E-state index in [1.165, 1.54) is 29.3 Å². The van der Waals surface area contributed by atoms with E-state index in [9.17, 15) is 24.8 Å². The van der Waals surface area contributed by atoms with Gasteiger partial charge in [0.25, 0.3) is 11.5 Å². The number of nitro benzene ring substituents is 1. The van der Waals surface area contributed by atoms with Crippen LogP contribution < -0.4 is 4.90 Å². The Morgan fingerprint density at radius 3 is 2.55 bits per heavy atom. The van der Waals surface area contributed by atoms with Crippen molar-refractivity contribution >= 4 is 39.6 Å². The number of non-ortho nitro benzene ring substituents is 1. The number of Topliss-reactive ketones (excluding diaryl/α,β-unsaturated/α-hetero) is 1. The molecule has 4 rings (SSSR count). The molecule has 3 aromatic rings. The molecule has 0 saturated carbocycles. The maximum absolute atomic E-state index is 12.9. The number of hydrogen-bond acceptors (Lipinski definition) is 7. The molecule has 1 aliphatic heterocycles. The fraction of sp³-hybridized carbons (Fsp3) is 0.0500. The average Bonchev–Trinajstić information content (AvgIpc) is 3.35. The van der Waals surface area contributed by atoms with Gasteiger partial charge in [0.05, 0.1) is 16.5 Å². The lowest BCUT2D eigenvalue weighted by Gasteiger charge is -2.22. The minimum atomic E-state index is -1.04. The van der Waals surface area contributed by atoms with Crippen LogP contribution in [0, 0.1) is 10.1 Å². The summed E-state index contributed by atoms with van der Waals surface area (Å²) in [5.74, 6) is -2.08. The Bertz CT molecular complexity index is 1140. The largest absolute Gasteiger partial charge is 0.507 e. The van der Waals surface area contributed by atoms with Gasteiger partial charge in [0.15, 0.2) is 5.13 Å². The van der Waals surface area contributed by atoms with Crippen molar-refractivity contribution in [1.29, 1.82) is 0 Å². The monoisotopic (exact) mass is 407 g/mol. The molecule has 1 amide bonds. The molecule has 8 nitrogen and oxygen atoms in total. The zero-order chi connectivity index (χ0) is 20.5. The quantitative estimate of drug-likeness (QED) is 0.232. The van der Waals surface area contributed by atoms with Gasteiger partial charge in [0, 0.05) is 29.3 Å². The molecule has 144 valence electrons. The van der Waals surface area contributed by atoms with E-state index in [2.05, 4.69) is 4.98 Å². The lowest BCUT2D eigenvalue weighted by molar-refractivity contribution is -0.384.